The SMILES string of the molecule is CC[C@@H](C)C1(NC(C)=O)CCN(C(CCc2ccccc2)C(=O)O)C1=O. The van der Waals surface area contributed by atoms with Crippen molar-refractivity contribution in [2.75, 3.05) is 6.54 Å². The molecule has 1 aromatic carbocycles. The minimum absolute atomic E-state index is 0.0625. The van der Waals surface area contributed by atoms with Gasteiger partial charge in [-0.1, -0.05) is 50.6 Å². The van der Waals surface area contributed by atoms with Crippen LogP contribution in [0.5, 0.6) is 0 Å². The van der Waals surface area contributed by atoms with Crippen LogP contribution < -0.4 is 5.32 Å². The fourth-order valence-corrected chi connectivity index (χ4v) is 3.78. The molecule has 0 aromatic heterocycles. The smallest absolute Gasteiger partial charge is 0.326 e. The molecule has 0 radical (unpaired) electrons. The van der Waals surface area contributed by atoms with E-state index in [1.165, 1.54) is 11.8 Å². The van der Waals surface area contributed by atoms with Gasteiger partial charge in [0.2, 0.25) is 11.8 Å². The number of nitrogens with one attached hydrogen (secondary N) is 1. The fraction of sp³-hybridized carbons (Fsp3) is 0.550. The summed E-state index contributed by atoms with van der Waals surface area (Å²) in [6, 6.07) is 8.75. The third kappa shape index (κ3) is 4.06. The van der Waals surface area contributed by atoms with Crippen molar-refractivity contribution in [2.24, 2.45) is 5.92 Å². The predicted octanol–water partition coefficient (Wildman–Crippen LogP) is 2.23. The van der Waals surface area contributed by atoms with Crippen molar-refractivity contribution in [2.45, 2.75) is 58.0 Å². The number of rotatable bonds is 8. The number of nitrogens with zero attached hydrogens (tertiary/aromatic N) is 1. The average Bonchev–Trinajstić information content (AvgIpc) is 2.92. The highest BCUT2D eigenvalue weighted by atomic mass is 16.4. The van der Waals surface area contributed by atoms with Crippen molar-refractivity contribution in [1.82, 2.24) is 10.2 Å². The summed E-state index contributed by atoms with van der Waals surface area (Å²) in [6.45, 7) is 5.63. The Bertz CT molecular complexity index is 661. The molecule has 1 fully saturated rings. The highest BCUT2D eigenvalue weighted by Crippen LogP contribution is 2.34. The molecular weight excluding hydrogens is 332 g/mol. The summed E-state index contributed by atoms with van der Waals surface area (Å²) in [5.74, 6) is -1.61. The normalized spacial score (nSPS) is 22.1. The third-order valence-corrected chi connectivity index (χ3v) is 5.45. The van der Waals surface area contributed by atoms with E-state index in [4.69, 9.17) is 0 Å². The van der Waals surface area contributed by atoms with Crippen LogP contribution in [0.3, 0.4) is 0 Å². The van der Waals surface area contributed by atoms with E-state index in [1.807, 2.05) is 44.2 Å². The van der Waals surface area contributed by atoms with E-state index in [9.17, 15) is 19.5 Å². The zero-order valence-corrected chi connectivity index (χ0v) is 15.7. The molecule has 1 heterocycles. The fourth-order valence-electron chi connectivity index (χ4n) is 3.78. The van der Waals surface area contributed by atoms with Crippen LogP contribution in [0.1, 0.15) is 45.6 Å². The average molecular weight is 360 g/mol. The summed E-state index contributed by atoms with van der Waals surface area (Å²) in [6.07, 6.45) is 2.09. The number of hydrogen-bond donors (Lipinski definition) is 2. The molecule has 2 rings (SSSR count). The Morgan fingerprint density at radius 2 is 1.96 bits per heavy atom. The van der Waals surface area contributed by atoms with Crippen LogP contribution in [-0.4, -0.2) is 45.9 Å². The third-order valence-electron chi connectivity index (χ3n) is 5.45. The first-order valence-corrected chi connectivity index (χ1v) is 9.18. The lowest BCUT2D eigenvalue weighted by molar-refractivity contribution is -0.151. The highest BCUT2D eigenvalue weighted by molar-refractivity contribution is 5.95. The molecule has 3 atom stereocenters. The number of carboxylic acids is 1. The minimum Gasteiger partial charge on any atom is -0.480 e. The molecule has 0 spiro atoms. The van der Waals surface area contributed by atoms with E-state index in [0.29, 0.717) is 25.8 Å². The number of carboxylic acid groups (broad SMARTS) is 1. The first-order valence-electron chi connectivity index (χ1n) is 9.18. The molecule has 1 aliphatic heterocycles. The monoisotopic (exact) mass is 360 g/mol. The Kier molecular flexibility index (Phi) is 6.40. The van der Waals surface area contributed by atoms with Crippen LogP contribution in [0.4, 0.5) is 0 Å². The Balaban J connectivity index is 2.20. The maximum Gasteiger partial charge on any atom is 0.326 e. The Morgan fingerprint density at radius 3 is 2.50 bits per heavy atom. The molecule has 2 N–H and O–H groups in total. The van der Waals surface area contributed by atoms with Gasteiger partial charge >= 0.3 is 5.97 Å². The molecule has 2 amide bonds. The lowest BCUT2D eigenvalue weighted by Crippen LogP contribution is -2.59. The van der Waals surface area contributed by atoms with E-state index in [1.54, 1.807) is 0 Å². The number of aliphatic carboxylic acids is 1. The molecule has 2 unspecified atom stereocenters. The summed E-state index contributed by atoms with van der Waals surface area (Å²) in [5, 5.41) is 12.5. The van der Waals surface area contributed by atoms with Gasteiger partial charge in [-0.2, -0.15) is 0 Å². The van der Waals surface area contributed by atoms with Gasteiger partial charge in [0, 0.05) is 13.5 Å². The van der Waals surface area contributed by atoms with E-state index >= 15 is 0 Å². The first-order chi connectivity index (χ1) is 12.3. The van der Waals surface area contributed by atoms with Crippen LogP contribution >= 0.6 is 0 Å². The molecule has 0 saturated carbocycles. The van der Waals surface area contributed by atoms with Gasteiger partial charge in [-0.3, -0.25) is 9.59 Å². The van der Waals surface area contributed by atoms with Gasteiger partial charge in [0.25, 0.3) is 0 Å². The number of aryl methyl sites for hydroxylation is 1. The minimum atomic E-state index is -1.00. The number of carbonyl (C=O) groups is 3. The van der Waals surface area contributed by atoms with Crippen molar-refractivity contribution < 1.29 is 19.5 Å². The molecule has 6 nitrogen and oxygen atoms in total. The van der Waals surface area contributed by atoms with Crippen molar-refractivity contribution in [3.63, 3.8) is 0 Å². The lowest BCUT2D eigenvalue weighted by Gasteiger charge is -2.35. The van der Waals surface area contributed by atoms with Gasteiger partial charge in [-0.05, 0) is 30.7 Å². The maximum absolute atomic E-state index is 13.2. The Labute approximate surface area is 154 Å². The number of likely N-dealkylation sites (tertiary alicyclic amines) is 1. The van der Waals surface area contributed by atoms with Crippen LogP contribution in [0.2, 0.25) is 0 Å². The van der Waals surface area contributed by atoms with E-state index in [2.05, 4.69) is 5.32 Å². The predicted molar refractivity (Wildman–Crippen MR) is 98.5 cm³/mol. The van der Waals surface area contributed by atoms with E-state index in [0.717, 1.165) is 12.0 Å². The lowest BCUT2D eigenvalue weighted by atomic mass is 9.81. The summed E-state index contributed by atoms with van der Waals surface area (Å²) in [4.78, 5) is 38.1. The highest BCUT2D eigenvalue weighted by Gasteiger charge is 2.52. The standard InChI is InChI=1S/C20H28N2O4/c1-4-14(2)20(21-15(3)23)12-13-22(19(20)26)17(18(24)25)11-10-16-8-6-5-7-9-16/h5-9,14,17H,4,10-13H2,1-3H3,(H,21,23)(H,24,25)/t14-,17?,20?/m1/s1. The summed E-state index contributed by atoms with van der Waals surface area (Å²) in [5.41, 5.74) is 0.0431. The zero-order chi connectivity index (χ0) is 19.3. The van der Waals surface area contributed by atoms with E-state index < -0.39 is 17.6 Å². The molecule has 1 saturated heterocycles. The van der Waals surface area contributed by atoms with Crippen LogP contribution in [-0.2, 0) is 20.8 Å². The molecule has 6 heteroatoms. The Hall–Kier alpha value is -2.37. The summed E-state index contributed by atoms with van der Waals surface area (Å²) in [7, 11) is 0. The van der Waals surface area contributed by atoms with Gasteiger partial charge in [0.15, 0.2) is 0 Å². The number of carbonyl (C=O) groups excluding carboxylic acids is 2. The van der Waals surface area contributed by atoms with Crippen LogP contribution in [0, 0.1) is 5.92 Å². The van der Waals surface area contributed by atoms with Crippen molar-refractivity contribution >= 4 is 17.8 Å². The van der Waals surface area contributed by atoms with Gasteiger partial charge in [-0.25, -0.2) is 4.79 Å². The Morgan fingerprint density at radius 1 is 1.31 bits per heavy atom. The molecule has 1 aliphatic rings. The van der Waals surface area contributed by atoms with Gasteiger partial charge in [-0.15, -0.1) is 0 Å². The van der Waals surface area contributed by atoms with Crippen molar-refractivity contribution in [3.05, 3.63) is 35.9 Å². The van der Waals surface area contributed by atoms with Crippen LogP contribution in [0.25, 0.3) is 0 Å². The number of benzene rings is 1. The largest absolute Gasteiger partial charge is 0.480 e. The van der Waals surface area contributed by atoms with Crippen molar-refractivity contribution in [3.8, 4) is 0 Å². The maximum atomic E-state index is 13.2. The molecule has 1 aromatic rings. The molecular formula is C20H28N2O4. The molecule has 142 valence electrons. The topological polar surface area (TPSA) is 86.7 Å². The van der Waals surface area contributed by atoms with Gasteiger partial charge in [0.05, 0.1) is 0 Å². The quantitative estimate of drug-likeness (QED) is 0.744. The number of amides is 2. The summed E-state index contributed by atoms with van der Waals surface area (Å²) >= 11 is 0. The van der Waals surface area contributed by atoms with Gasteiger partial charge < -0.3 is 15.3 Å². The number of hydrogen-bond acceptors (Lipinski definition) is 3. The van der Waals surface area contributed by atoms with Gasteiger partial charge in [0.1, 0.15) is 11.6 Å². The van der Waals surface area contributed by atoms with E-state index in [-0.39, 0.29) is 17.7 Å². The zero-order valence-electron chi connectivity index (χ0n) is 15.7. The molecule has 0 aliphatic carbocycles. The van der Waals surface area contributed by atoms with Crippen LogP contribution in [0.15, 0.2) is 30.3 Å². The second-order valence-electron chi connectivity index (χ2n) is 7.09. The second-order valence-corrected chi connectivity index (χ2v) is 7.09. The first kappa shape index (κ1) is 19.9. The summed E-state index contributed by atoms with van der Waals surface area (Å²) < 4.78 is 0. The second kappa shape index (κ2) is 8.34. The molecule has 26 heavy (non-hydrogen) atoms. The van der Waals surface area contributed by atoms with Crippen molar-refractivity contribution in [1.29, 1.82) is 0 Å². The molecule has 0 bridgehead atoms.